The number of benzene rings is 3. The third-order valence-corrected chi connectivity index (χ3v) is 5.85. The van der Waals surface area contributed by atoms with Crippen LogP contribution in [0.25, 0.3) is 10.8 Å². The van der Waals surface area contributed by atoms with Crippen molar-refractivity contribution in [2.45, 2.75) is 33.3 Å². The van der Waals surface area contributed by atoms with Crippen LogP contribution in [0.4, 0.5) is 10.5 Å². The number of carbonyl (C=O) groups excluding carboxylic acids is 2. The first kappa shape index (κ1) is 24.5. The SMILES string of the molecule is Cc1ccc(NC(=O)O[C@H](c2ccc(O)c3ccccc23)C(C)(C)CCOC(=O)CS)cc1. The van der Waals surface area contributed by atoms with Crippen LogP contribution in [-0.4, -0.2) is 29.5 Å². The van der Waals surface area contributed by atoms with Gasteiger partial charge >= 0.3 is 12.1 Å². The third kappa shape index (κ3) is 6.20. The maximum absolute atomic E-state index is 12.9. The van der Waals surface area contributed by atoms with E-state index in [1.54, 1.807) is 12.1 Å². The van der Waals surface area contributed by atoms with Gasteiger partial charge in [0.05, 0.1) is 12.4 Å². The van der Waals surface area contributed by atoms with Crippen LogP contribution in [0, 0.1) is 12.3 Å². The monoisotopic (exact) mass is 467 g/mol. The molecule has 0 aromatic heterocycles. The lowest BCUT2D eigenvalue weighted by Gasteiger charge is -2.34. The van der Waals surface area contributed by atoms with Gasteiger partial charge < -0.3 is 14.6 Å². The van der Waals surface area contributed by atoms with E-state index in [-0.39, 0.29) is 18.1 Å². The number of fused-ring (bicyclic) bond motifs is 1. The number of nitrogens with one attached hydrogen (secondary N) is 1. The number of amides is 1. The number of thiol groups is 1. The summed E-state index contributed by atoms with van der Waals surface area (Å²) in [4.78, 5) is 24.4. The van der Waals surface area contributed by atoms with Crippen molar-refractivity contribution in [3.05, 3.63) is 71.8 Å². The molecular formula is C26H29NO5S. The normalized spacial score (nSPS) is 12.2. The maximum Gasteiger partial charge on any atom is 0.412 e. The Morgan fingerprint density at radius 3 is 2.36 bits per heavy atom. The van der Waals surface area contributed by atoms with Gasteiger partial charge in [-0.15, -0.1) is 0 Å². The van der Waals surface area contributed by atoms with E-state index in [0.29, 0.717) is 17.5 Å². The summed E-state index contributed by atoms with van der Waals surface area (Å²) in [6.07, 6.45) is -0.825. The average molecular weight is 468 g/mol. The first-order valence-corrected chi connectivity index (χ1v) is 11.4. The molecule has 0 aliphatic carbocycles. The van der Waals surface area contributed by atoms with E-state index in [4.69, 9.17) is 9.47 Å². The van der Waals surface area contributed by atoms with Crippen molar-refractivity contribution in [1.29, 1.82) is 0 Å². The standard InChI is InChI=1S/C26H29NO5S/c1-17-8-10-18(11-9-17)27-25(30)32-24(26(2,3)14-15-31-23(29)16-33)21-12-13-22(28)20-7-5-4-6-19(20)21/h4-13,24,28,33H,14-16H2,1-3H3,(H,27,30)/t24-/m1/s1. The fourth-order valence-electron chi connectivity index (χ4n) is 3.67. The van der Waals surface area contributed by atoms with Gasteiger partial charge in [0.15, 0.2) is 0 Å². The van der Waals surface area contributed by atoms with Gasteiger partial charge in [0.25, 0.3) is 0 Å². The van der Waals surface area contributed by atoms with Crippen LogP contribution < -0.4 is 5.32 Å². The Kier molecular flexibility index (Phi) is 7.87. The molecule has 0 bridgehead atoms. The number of aryl methyl sites for hydroxylation is 1. The second-order valence-corrected chi connectivity index (χ2v) is 8.93. The van der Waals surface area contributed by atoms with Crippen molar-refractivity contribution < 1.29 is 24.2 Å². The highest BCUT2D eigenvalue weighted by molar-refractivity contribution is 7.81. The molecule has 0 saturated heterocycles. The zero-order valence-electron chi connectivity index (χ0n) is 19.0. The highest BCUT2D eigenvalue weighted by Gasteiger charge is 2.36. The van der Waals surface area contributed by atoms with Gasteiger partial charge in [0.2, 0.25) is 0 Å². The zero-order valence-corrected chi connectivity index (χ0v) is 19.9. The molecule has 2 N–H and O–H groups in total. The van der Waals surface area contributed by atoms with Gasteiger partial charge in [-0.05, 0) is 36.9 Å². The molecule has 0 unspecified atom stereocenters. The predicted molar refractivity (Wildman–Crippen MR) is 133 cm³/mol. The molecule has 0 saturated carbocycles. The Morgan fingerprint density at radius 1 is 1.03 bits per heavy atom. The van der Waals surface area contributed by atoms with E-state index in [1.165, 1.54) is 0 Å². The van der Waals surface area contributed by atoms with Crippen molar-refractivity contribution in [3.8, 4) is 5.75 Å². The van der Waals surface area contributed by atoms with Gasteiger partial charge in [-0.2, -0.15) is 12.6 Å². The smallest absolute Gasteiger partial charge is 0.412 e. The lowest BCUT2D eigenvalue weighted by atomic mass is 9.78. The molecule has 3 aromatic carbocycles. The predicted octanol–water partition coefficient (Wildman–Crippen LogP) is 6.03. The van der Waals surface area contributed by atoms with Crippen molar-refractivity contribution in [1.82, 2.24) is 0 Å². The van der Waals surface area contributed by atoms with E-state index < -0.39 is 23.6 Å². The third-order valence-electron chi connectivity index (χ3n) is 5.59. The lowest BCUT2D eigenvalue weighted by Crippen LogP contribution is -2.30. The summed E-state index contributed by atoms with van der Waals surface area (Å²) in [6, 6.07) is 18.2. The maximum atomic E-state index is 12.9. The van der Waals surface area contributed by atoms with E-state index in [0.717, 1.165) is 16.5 Å². The second kappa shape index (κ2) is 10.6. The van der Waals surface area contributed by atoms with E-state index >= 15 is 0 Å². The second-order valence-electron chi connectivity index (χ2n) is 8.61. The van der Waals surface area contributed by atoms with Gasteiger partial charge in [0, 0.05) is 22.1 Å². The topological polar surface area (TPSA) is 84.9 Å². The first-order chi connectivity index (χ1) is 15.7. The molecule has 0 heterocycles. The fourth-order valence-corrected chi connectivity index (χ4v) is 3.77. The zero-order chi connectivity index (χ0) is 24.0. The molecule has 3 aromatic rings. The fraction of sp³-hybridized carbons (Fsp3) is 0.308. The Morgan fingerprint density at radius 2 is 1.70 bits per heavy atom. The Hall–Kier alpha value is -3.19. The lowest BCUT2D eigenvalue weighted by molar-refractivity contribution is -0.141. The summed E-state index contributed by atoms with van der Waals surface area (Å²) in [5.41, 5.74) is 1.87. The molecule has 0 aliphatic rings. The van der Waals surface area contributed by atoms with Crippen molar-refractivity contribution in [2.75, 3.05) is 17.7 Å². The number of hydrogen-bond donors (Lipinski definition) is 3. The molecule has 33 heavy (non-hydrogen) atoms. The number of esters is 1. The van der Waals surface area contributed by atoms with Crippen molar-refractivity contribution in [2.24, 2.45) is 5.41 Å². The van der Waals surface area contributed by atoms with E-state index in [1.807, 2.05) is 69.3 Å². The molecule has 0 spiro atoms. The number of carbonyl (C=O) groups is 2. The van der Waals surface area contributed by atoms with E-state index in [9.17, 15) is 14.7 Å². The minimum Gasteiger partial charge on any atom is -0.507 e. The number of aromatic hydroxyl groups is 1. The van der Waals surface area contributed by atoms with Gasteiger partial charge in [-0.3, -0.25) is 10.1 Å². The Labute approximate surface area is 199 Å². The number of ether oxygens (including phenoxy) is 2. The van der Waals surface area contributed by atoms with Crippen LogP contribution in [0.15, 0.2) is 60.7 Å². The summed E-state index contributed by atoms with van der Waals surface area (Å²) >= 11 is 3.93. The number of rotatable bonds is 8. The van der Waals surface area contributed by atoms with Crippen molar-refractivity contribution in [3.63, 3.8) is 0 Å². The highest BCUT2D eigenvalue weighted by atomic mass is 32.1. The van der Waals surface area contributed by atoms with Crippen LogP contribution >= 0.6 is 12.6 Å². The van der Waals surface area contributed by atoms with Crippen LogP contribution in [0.1, 0.15) is 37.5 Å². The molecule has 7 heteroatoms. The minimum atomic E-state index is -0.678. The number of hydrogen-bond acceptors (Lipinski definition) is 6. The largest absolute Gasteiger partial charge is 0.507 e. The summed E-state index contributed by atoms with van der Waals surface area (Å²) in [6.45, 7) is 6.04. The summed E-state index contributed by atoms with van der Waals surface area (Å²) in [7, 11) is 0. The van der Waals surface area contributed by atoms with Crippen molar-refractivity contribution >= 4 is 41.2 Å². The number of anilines is 1. The van der Waals surface area contributed by atoms with Crippen LogP contribution in [-0.2, 0) is 14.3 Å². The van der Waals surface area contributed by atoms with Crippen LogP contribution in [0.5, 0.6) is 5.75 Å². The van der Waals surface area contributed by atoms with Crippen LogP contribution in [0.2, 0.25) is 0 Å². The Bertz CT molecular complexity index is 1130. The molecule has 1 atom stereocenters. The summed E-state index contributed by atoms with van der Waals surface area (Å²) in [5, 5.41) is 14.6. The Balaban J connectivity index is 1.92. The van der Waals surface area contributed by atoms with Crippen LogP contribution in [0.3, 0.4) is 0 Å². The molecule has 1 amide bonds. The average Bonchev–Trinajstić information content (AvgIpc) is 2.79. The van der Waals surface area contributed by atoms with Gasteiger partial charge in [-0.25, -0.2) is 4.79 Å². The van der Waals surface area contributed by atoms with E-state index in [2.05, 4.69) is 17.9 Å². The number of phenols is 1. The molecule has 6 nitrogen and oxygen atoms in total. The molecule has 0 radical (unpaired) electrons. The molecule has 0 fully saturated rings. The highest BCUT2D eigenvalue weighted by Crippen LogP contribution is 2.43. The molecule has 174 valence electrons. The van der Waals surface area contributed by atoms with Gasteiger partial charge in [-0.1, -0.05) is 61.9 Å². The molecule has 0 aliphatic heterocycles. The number of phenolic OH excluding ortho intramolecular Hbond substituents is 1. The summed E-state index contributed by atoms with van der Waals surface area (Å²) < 4.78 is 11.2. The first-order valence-electron chi connectivity index (χ1n) is 10.7. The molecular weight excluding hydrogens is 438 g/mol. The quantitative estimate of drug-likeness (QED) is 0.278. The minimum absolute atomic E-state index is 0.00190. The van der Waals surface area contributed by atoms with Gasteiger partial charge in [0.1, 0.15) is 11.9 Å². The summed E-state index contributed by atoms with van der Waals surface area (Å²) in [5.74, 6) is -0.251. The molecule has 3 rings (SSSR count).